The normalized spacial score (nSPS) is 35.2. The Balaban J connectivity index is 1.80. The van der Waals surface area contributed by atoms with Gasteiger partial charge in [0.25, 0.3) is 0 Å². The molecule has 4 heteroatoms. The minimum absolute atomic E-state index is 0.286. The van der Waals surface area contributed by atoms with E-state index in [0.717, 1.165) is 31.3 Å². The molecule has 0 saturated carbocycles. The number of hydrogen-bond donors (Lipinski definition) is 1. The molecule has 4 rings (SSSR count). The monoisotopic (exact) mass is 221 g/mol. The van der Waals surface area contributed by atoms with Crippen molar-refractivity contribution in [2.24, 2.45) is 13.0 Å². The highest BCUT2D eigenvalue weighted by Crippen LogP contribution is 2.36. The van der Waals surface area contributed by atoms with E-state index >= 15 is 0 Å². The highest BCUT2D eigenvalue weighted by atomic mass is 16.3. The number of fused-ring (bicyclic) bond motifs is 3. The Kier molecular flexibility index (Phi) is 2.48. The van der Waals surface area contributed by atoms with E-state index in [1.807, 2.05) is 17.8 Å². The van der Waals surface area contributed by atoms with Gasteiger partial charge in [0.2, 0.25) is 0 Å². The fourth-order valence-corrected chi connectivity index (χ4v) is 3.17. The smallest absolute Gasteiger partial charge is 0.138 e. The molecule has 3 fully saturated rings. The first kappa shape index (κ1) is 10.3. The van der Waals surface area contributed by atoms with Crippen molar-refractivity contribution in [1.82, 2.24) is 14.5 Å². The van der Waals surface area contributed by atoms with Crippen LogP contribution in [0.2, 0.25) is 0 Å². The molecule has 88 valence electrons. The minimum atomic E-state index is -0.428. The first-order valence-electron chi connectivity index (χ1n) is 6.15. The number of aliphatic hydroxyl groups is 1. The molecule has 1 aromatic heterocycles. The van der Waals surface area contributed by atoms with E-state index in [0.29, 0.717) is 0 Å². The van der Waals surface area contributed by atoms with E-state index < -0.39 is 6.10 Å². The summed E-state index contributed by atoms with van der Waals surface area (Å²) in [5, 5.41) is 10.4. The second-order valence-corrected chi connectivity index (χ2v) is 5.12. The van der Waals surface area contributed by atoms with Gasteiger partial charge >= 0.3 is 0 Å². The maximum absolute atomic E-state index is 10.4. The van der Waals surface area contributed by atoms with Crippen LogP contribution in [-0.2, 0) is 7.05 Å². The summed E-state index contributed by atoms with van der Waals surface area (Å²) in [4.78, 5) is 6.69. The van der Waals surface area contributed by atoms with Crippen LogP contribution in [0, 0.1) is 5.92 Å². The van der Waals surface area contributed by atoms with Crippen LogP contribution in [0.5, 0.6) is 0 Å². The van der Waals surface area contributed by atoms with Gasteiger partial charge in [-0.1, -0.05) is 0 Å². The summed E-state index contributed by atoms with van der Waals surface area (Å²) in [6.45, 7) is 2.30. The van der Waals surface area contributed by atoms with Crippen LogP contribution >= 0.6 is 0 Å². The summed E-state index contributed by atoms with van der Waals surface area (Å²) in [5.74, 6) is 1.63. The van der Waals surface area contributed by atoms with E-state index in [-0.39, 0.29) is 6.04 Å². The van der Waals surface area contributed by atoms with E-state index in [2.05, 4.69) is 9.88 Å². The van der Waals surface area contributed by atoms with Gasteiger partial charge in [-0.25, -0.2) is 4.98 Å². The minimum Gasteiger partial charge on any atom is -0.384 e. The van der Waals surface area contributed by atoms with Gasteiger partial charge < -0.3 is 9.67 Å². The number of aryl methyl sites for hydroxylation is 1. The predicted octanol–water partition coefficient (Wildman–Crippen LogP) is 0.938. The van der Waals surface area contributed by atoms with Gasteiger partial charge in [0.05, 0.1) is 0 Å². The molecule has 0 radical (unpaired) electrons. The van der Waals surface area contributed by atoms with Crippen molar-refractivity contribution in [1.29, 1.82) is 0 Å². The molecule has 3 saturated heterocycles. The highest BCUT2D eigenvalue weighted by Gasteiger charge is 2.38. The molecule has 0 amide bonds. The molecule has 0 aromatic carbocycles. The van der Waals surface area contributed by atoms with Crippen LogP contribution in [-0.4, -0.2) is 38.7 Å². The predicted molar refractivity (Wildman–Crippen MR) is 60.9 cm³/mol. The molecule has 0 aliphatic carbocycles. The van der Waals surface area contributed by atoms with Crippen LogP contribution < -0.4 is 0 Å². The Morgan fingerprint density at radius 3 is 2.69 bits per heavy atom. The van der Waals surface area contributed by atoms with Gasteiger partial charge in [0, 0.05) is 25.5 Å². The molecule has 0 spiro atoms. The van der Waals surface area contributed by atoms with Crippen molar-refractivity contribution < 1.29 is 5.11 Å². The lowest BCUT2D eigenvalue weighted by Crippen LogP contribution is -2.51. The first-order chi connectivity index (χ1) is 7.75. The Labute approximate surface area is 95.9 Å². The largest absolute Gasteiger partial charge is 0.384 e. The molecule has 3 aliphatic rings. The van der Waals surface area contributed by atoms with Crippen LogP contribution in [0.4, 0.5) is 0 Å². The van der Waals surface area contributed by atoms with Crippen LogP contribution in [0.15, 0.2) is 12.4 Å². The topological polar surface area (TPSA) is 41.3 Å². The second-order valence-electron chi connectivity index (χ2n) is 5.12. The average molecular weight is 221 g/mol. The molecule has 16 heavy (non-hydrogen) atoms. The van der Waals surface area contributed by atoms with Crippen LogP contribution in [0.25, 0.3) is 0 Å². The van der Waals surface area contributed by atoms with Gasteiger partial charge in [0.15, 0.2) is 0 Å². The number of piperidine rings is 3. The molecule has 0 unspecified atom stereocenters. The zero-order valence-electron chi connectivity index (χ0n) is 9.71. The van der Waals surface area contributed by atoms with E-state index in [1.165, 1.54) is 12.8 Å². The molecule has 1 aromatic rings. The number of aliphatic hydroxyl groups excluding tert-OH is 1. The molecule has 2 bridgehead atoms. The highest BCUT2D eigenvalue weighted by molar-refractivity contribution is 5.03. The second kappa shape index (κ2) is 3.86. The number of imidazole rings is 1. The quantitative estimate of drug-likeness (QED) is 0.808. The van der Waals surface area contributed by atoms with Crippen molar-refractivity contribution in [3.05, 3.63) is 18.2 Å². The third-order valence-electron chi connectivity index (χ3n) is 4.18. The molecule has 4 nitrogen and oxygen atoms in total. The van der Waals surface area contributed by atoms with Crippen molar-refractivity contribution in [2.45, 2.75) is 31.4 Å². The van der Waals surface area contributed by atoms with Crippen LogP contribution in [0.3, 0.4) is 0 Å². The third-order valence-corrected chi connectivity index (χ3v) is 4.18. The van der Waals surface area contributed by atoms with Crippen LogP contribution in [0.1, 0.15) is 31.2 Å². The van der Waals surface area contributed by atoms with Gasteiger partial charge in [-0.05, 0) is 38.3 Å². The molecular weight excluding hydrogens is 202 g/mol. The number of aromatic nitrogens is 2. The number of nitrogens with zero attached hydrogens (tertiary/aromatic N) is 3. The zero-order valence-corrected chi connectivity index (χ0v) is 9.71. The maximum atomic E-state index is 10.4. The summed E-state index contributed by atoms with van der Waals surface area (Å²) >= 11 is 0. The lowest BCUT2D eigenvalue weighted by Gasteiger charge is -2.46. The zero-order chi connectivity index (χ0) is 11.1. The molecule has 1 N–H and O–H groups in total. The average Bonchev–Trinajstić information content (AvgIpc) is 2.76. The molecule has 4 heterocycles. The van der Waals surface area contributed by atoms with Crippen molar-refractivity contribution in [2.75, 3.05) is 13.1 Å². The van der Waals surface area contributed by atoms with Gasteiger partial charge in [-0.2, -0.15) is 0 Å². The molecular formula is C12H19N3O. The van der Waals surface area contributed by atoms with Gasteiger partial charge in [0.1, 0.15) is 11.9 Å². The standard InChI is InChI=1S/C12H19N3O/c1-14-7-4-13-12(14)11(16)10-8-9-2-5-15(10)6-3-9/h4,7,9-11,16H,2-3,5-6,8H2,1H3/t10-,11-/m0/s1. The van der Waals surface area contributed by atoms with Crippen molar-refractivity contribution in [3.63, 3.8) is 0 Å². The SMILES string of the molecule is Cn1ccnc1[C@@H](O)[C@@H]1CC2CCN1CC2. The van der Waals surface area contributed by atoms with Crippen molar-refractivity contribution in [3.8, 4) is 0 Å². The van der Waals surface area contributed by atoms with Crippen molar-refractivity contribution >= 4 is 0 Å². The Bertz CT molecular complexity index is 368. The third kappa shape index (κ3) is 1.57. The van der Waals surface area contributed by atoms with E-state index in [4.69, 9.17) is 0 Å². The fraction of sp³-hybridized carbons (Fsp3) is 0.750. The molecule has 2 atom stereocenters. The maximum Gasteiger partial charge on any atom is 0.138 e. The van der Waals surface area contributed by atoms with Gasteiger partial charge in [-0.3, -0.25) is 4.90 Å². The lowest BCUT2D eigenvalue weighted by atomic mass is 9.81. The number of hydrogen-bond acceptors (Lipinski definition) is 3. The first-order valence-corrected chi connectivity index (χ1v) is 6.15. The van der Waals surface area contributed by atoms with E-state index in [1.54, 1.807) is 6.20 Å². The fourth-order valence-electron chi connectivity index (χ4n) is 3.17. The summed E-state index contributed by atoms with van der Waals surface area (Å²) < 4.78 is 1.92. The lowest BCUT2D eigenvalue weighted by molar-refractivity contribution is -0.0310. The van der Waals surface area contributed by atoms with E-state index in [9.17, 15) is 5.11 Å². The summed E-state index contributed by atoms with van der Waals surface area (Å²) in [6, 6.07) is 0.286. The summed E-state index contributed by atoms with van der Waals surface area (Å²) in [6.07, 6.45) is 6.98. The molecule has 3 aliphatic heterocycles. The summed E-state index contributed by atoms with van der Waals surface area (Å²) in [7, 11) is 1.95. The Hall–Kier alpha value is -0.870. The Morgan fingerprint density at radius 1 is 1.44 bits per heavy atom. The summed E-state index contributed by atoms with van der Waals surface area (Å²) in [5.41, 5.74) is 0. The van der Waals surface area contributed by atoms with Gasteiger partial charge in [-0.15, -0.1) is 0 Å². The number of rotatable bonds is 2. The Morgan fingerprint density at radius 2 is 2.19 bits per heavy atom.